The Balaban J connectivity index is 1.75. The lowest BCUT2D eigenvalue weighted by molar-refractivity contribution is 0.405. The molecule has 0 saturated carbocycles. The molecule has 1 heterocycles. The van der Waals surface area contributed by atoms with Gasteiger partial charge in [-0.2, -0.15) is 10.1 Å². The molecule has 8 nitrogen and oxygen atoms in total. The summed E-state index contributed by atoms with van der Waals surface area (Å²) in [5.41, 5.74) is 2.79. The highest BCUT2D eigenvalue weighted by molar-refractivity contribution is 5.67. The first-order chi connectivity index (χ1) is 14.2. The van der Waals surface area contributed by atoms with E-state index in [4.69, 9.17) is 9.47 Å². The lowest BCUT2D eigenvalue weighted by Gasteiger charge is -2.21. The molecule has 0 aliphatic rings. The van der Waals surface area contributed by atoms with E-state index in [0.717, 1.165) is 24.5 Å². The molecule has 0 atom stereocenters. The Morgan fingerprint density at radius 3 is 2.34 bits per heavy atom. The van der Waals surface area contributed by atoms with Crippen molar-refractivity contribution in [2.75, 3.05) is 42.8 Å². The van der Waals surface area contributed by atoms with Crippen LogP contribution in [0.3, 0.4) is 0 Å². The van der Waals surface area contributed by atoms with Crippen molar-refractivity contribution in [3.8, 4) is 11.5 Å². The zero-order valence-electron chi connectivity index (χ0n) is 17.1. The lowest BCUT2D eigenvalue weighted by atomic mass is 10.2. The summed E-state index contributed by atoms with van der Waals surface area (Å²) in [5.74, 6) is 2.31. The topological polar surface area (TPSA) is 84.4 Å². The number of hydrogen-bond acceptors (Lipinski definition) is 8. The Hall–Kier alpha value is -3.55. The highest BCUT2D eigenvalue weighted by Gasteiger charge is 2.08. The molecule has 1 aromatic heterocycles. The number of benzene rings is 2. The van der Waals surface area contributed by atoms with Crippen LogP contribution < -0.4 is 25.0 Å². The Morgan fingerprint density at radius 1 is 0.931 bits per heavy atom. The van der Waals surface area contributed by atoms with Crippen LogP contribution in [0.5, 0.6) is 11.5 Å². The zero-order chi connectivity index (χ0) is 20.6. The standard InChI is InChI=1S/C21H26N6O2/c1-5-27(6-2)16-9-7-15(8-10-16)23-21-25-20(14-22-26-21)24-18-13-17(28-3)11-12-19(18)29-4/h7-14H,5-6H2,1-4H3,(H2,23,24,25,26). The summed E-state index contributed by atoms with van der Waals surface area (Å²) in [6.45, 7) is 6.23. The normalized spacial score (nSPS) is 10.3. The number of rotatable bonds is 9. The molecule has 0 aliphatic carbocycles. The van der Waals surface area contributed by atoms with Crippen LogP contribution in [0.4, 0.5) is 28.8 Å². The van der Waals surface area contributed by atoms with Gasteiger partial charge in [0.05, 0.1) is 26.1 Å². The molecule has 0 saturated heterocycles. The Bertz CT molecular complexity index is 929. The molecule has 0 radical (unpaired) electrons. The minimum Gasteiger partial charge on any atom is -0.497 e. The van der Waals surface area contributed by atoms with E-state index in [2.05, 4.69) is 56.7 Å². The molecule has 0 unspecified atom stereocenters. The van der Waals surface area contributed by atoms with Crippen LogP contribution in [0, 0.1) is 0 Å². The minimum atomic E-state index is 0.396. The molecular weight excluding hydrogens is 368 g/mol. The van der Waals surface area contributed by atoms with Gasteiger partial charge >= 0.3 is 0 Å². The Labute approximate surface area is 170 Å². The second-order valence-electron chi connectivity index (χ2n) is 6.20. The van der Waals surface area contributed by atoms with Gasteiger partial charge in [-0.25, -0.2) is 0 Å². The van der Waals surface area contributed by atoms with E-state index in [1.54, 1.807) is 20.4 Å². The van der Waals surface area contributed by atoms with Crippen molar-refractivity contribution < 1.29 is 9.47 Å². The third-order valence-corrected chi connectivity index (χ3v) is 4.48. The van der Waals surface area contributed by atoms with Crippen LogP contribution in [0.25, 0.3) is 0 Å². The van der Waals surface area contributed by atoms with Gasteiger partial charge in [-0.05, 0) is 50.2 Å². The highest BCUT2D eigenvalue weighted by Crippen LogP contribution is 2.31. The zero-order valence-corrected chi connectivity index (χ0v) is 17.1. The van der Waals surface area contributed by atoms with Crippen molar-refractivity contribution in [3.63, 3.8) is 0 Å². The van der Waals surface area contributed by atoms with Gasteiger partial charge in [-0.3, -0.25) is 0 Å². The maximum atomic E-state index is 5.39. The van der Waals surface area contributed by atoms with Crippen molar-refractivity contribution in [1.29, 1.82) is 0 Å². The van der Waals surface area contributed by atoms with Crippen molar-refractivity contribution in [2.45, 2.75) is 13.8 Å². The molecule has 8 heteroatoms. The van der Waals surface area contributed by atoms with E-state index in [1.807, 2.05) is 30.3 Å². The summed E-state index contributed by atoms with van der Waals surface area (Å²) < 4.78 is 10.7. The largest absolute Gasteiger partial charge is 0.497 e. The smallest absolute Gasteiger partial charge is 0.249 e. The molecule has 2 aromatic carbocycles. The van der Waals surface area contributed by atoms with Crippen molar-refractivity contribution in [3.05, 3.63) is 48.7 Å². The fourth-order valence-corrected chi connectivity index (χ4v) is 2.94. The lowest BCUT2D eigenvalue weighted by Crippen LogP contribution is -2.21. The van der Waals surface area contributed by atoms with E-state index in [9.17, 15) is 0 Å². The first-order valence-electron chi connectivity index (χ1n) is 9.47. The van der Waals surface area contributed by atoms with E-state index < -0.39 is 0 Å². The van der Waals surface area contributed by atoms with Crippen molar-refractivity contribution in [1.82, 2.24) is 15.2 Å². The summed E-state index contributed by atoms with van der Waals surface area (Å²) in [6, 6.07) is 13.6. The molecular formula is C21H26N6O2. The monoisotopic (exact) mass is 394 g/mol. The van der Waals surface area contributed by atoms with Gasteiger partial charge in [-0.15, -0.1) is 5.10 Å². The molecule has 3 aromatic rings. The number of hydrogen-bond donors (Lipinski definition) is 2. The van der Waals surface area contributed by atoms with E-state index in [-0.39, 0.29) is 0 Å². The molecule has 0 bridgehead atoms. The third-order valence-electron chi connectivity index (χ3n) is 4.48. The molecule has 0 amide bonds. The van der Waals surface area contributed by atoms with Gasteiger partial charge in [-0.1, -0.05) is 0 Å². The quantitative estimate of drug-likeness (QED) is 0.558. The Kier molecular flexibility index (Phi) is 6.67. The van der Waals surface area contributed by atoms with Crippen molar-refractivity contribution >= 4 is 28.8 Å². The van der Waals surface area contributed by atoms with Crippen molar-refractivity contribution in [2.24, 2.45) is 0 Å². The van der Waals surface area contributed by atoms with Gasteiger partial charge in [0.2, 0.25) is 5.95 Å². The molecule has 2 N–H and O–H groups in total. The summed E-state index contributed by atoms with van der Waals surface area (Å²) in [5, 5.41) is 14.5. The average molecular weight is 394 g/mol. The number of nitrogens with one attached hydrogen (secondary N) is 2. The van der Waals surface area contributed by atoms with Crippen LogP contribution >= 0.6 is 0 Å². The molecule has 0 fully saturated rings. The van der Waals surface area contributed by atoms with Gasteiger partial charge in [0.15, 0.2) is 5.82 Å². The average Bonchev–Trinajstić information content (AvgIpc) is 2.76. The van der Waals surface area contributed by atoms with Crippen LogP contribution in [0.1, 0.15) is 13.8 Å². The van der Waals surface area contributed by atoms with E-state index >= 15 is 0 Å². The summed E-state index contributed by atoms with van der Waals surface area (Å²) >= 11 is 0. The van der Waals surface area contributed by atoms with E-state index in [0.29, 0.717) is 23.3 Å². The highest BCUT2D eigenvalue weighted by atomic mass is 16.5. The first kappa shape index (κ1) is 20.2. The van der Waals surface area contributed by atoms with Crippen LogP contribution in [-0.2, 0) is 0 Å². The number of methoxy groups -OCH3 is 2. The molecule has 0 spiro atoms. The first-order valence-corrected chi connectivity index (χ1v) is 9.47. The number of aromatic nitrogens is 3. The van der Waals surface area contributed by atoms with Crippen LogP contribution in [-0.4, -0.2) is 42.5 Å². The second kappa shape index (κ2) is 9.59. The number of ether oxygens (including phenoxy) is 2. The SMILES string of the molecule is CCN(CC)c1ccc(Nc2nncc(Nc3cc(OC)ccc3OC)n2)cc1. The minimum absolute atomic E-state index is 0.396. The maximum Gasteiger partial charge on any atom is 0.249 e. The summed E-state index contributed by atoms with van der Waals surface area (Å²) in [6.07, 6.45) is 1.55. The van der Waals surface area contributed by atoms with Gasteiger partial charge in [0, 0.05) is 30.5 Å². The molecule has 152 valence electrons. The third kappa shape index (κ3) is 5.04. The van der Waals surface area contributed by atoms with Gasteiger partial charge in [0.1, 0.15) is 11.5 Å². The maximum absolute atomic E-state index is 5.39. The van der Waals surface area contributed by atoms with Crippen LogP contribution in [0.2, 0.25) is 0 Å². The van der Waals surface area contributed by atoms with Crippen LogP contribution in [0.15, 0.2) is 48.7 Å². The van der Waals surface area contributed by atoms with E-state index in [1.165, 1.54) is 5.69 Å². The molecule has 3 rings (SSSR count). The number of nitrogens with zero attached hydrogens (tertiary/aromatic N) is 4. The summed E-state index contributed by atoms with van der Waals surface area (Å²) in [4.78, 5) is 6.77. The predicted molar refractivity (Wildman–Crippen MR) is 116 cm³/mol. The number of anilines is 5. The second-order valence-corrected chi connectivity index (χ2v) is 6.20. The van der Waals surface area contributed by atoms with Gasteiger partial charge in [0.25, 0.3) is 0 Å². The fraction of sp³-hybridized carbons (Fsp3) is 0.286. The molecule has 0 aliphatic heterocycles. The van der Waals surface area contributed by atoms with Gasteiger partial charge < -0.3 is 25.0 Å². The predicted octanol–water partition coefficient (Wildman–Crippen LogP) is 4.22. The fourth-order valence-electron chi connectivity index (χ4n) is 2.94. The Morgan fingerprint density at radius 2 is 1.69 bits per heavy atom. The molecule has 29 heavy (non-hydrogen) atoms. The summed E-state index contributed by atoms with van der Waals surface area (Å²) in [7, 11) is 3.23.